The normalized spacial score (nSPS) is 48.5. The van der Waals surface area contributed by atoms with E-state index in [9.17, 15) is 5.11 Å². The van der Waals surface area contributed by atoms with Crippen LogP contribution in [0.3, 0.4) is 0 Å². The van der Waals surface area contributed by atoms with E-state index in [0.29, 0.717) is 5.92 Å². The van der Waals surface area contributed by atoms with Gasteiger partial charge in [0.2, 0.25) is 0 Å². The standard InChI is InChI=1S/C11H20O/c1-9-5-7-11(12)6-3-2-4-10(11)8-9/h9-10,12H,2-8H2,1H3/t9-,10-,11-/m1/s1. The van der Waals surface area contributed by atoms with E-state index in [1.807, 2.05) is 0 Å². The molecule has 0 amide bonds. The Balaban J connectivity index is 2.06. The minimum absolute atomic E-state index is 0.245. The third kappa shape index (κ3) is 1.39. The Hall–Kier alpha value is -0.0400. The first-order valence-electron chi connectivity index (χ1n) is 5.43. The topological polar surface area (TPSA) is 20.2 Å². The monoisotopic (exact) mass is 168 g/mol. The van der Waals surface area contributed by atoms with E-state index in [2.05, 4.69) is 6.92 Å². The maximum Gasteiger partial charge on any atom is 0.0676 e. The molecule has 2 rings (SSSR count). The molecule has 2 aliphatic carbocycles. The minimum Gasteiger partial charge on any atom is -0.390 e. The SMILES string of the molecule is C[C@@H]1CC[C@]2(O)CCCC[C@@H]2C1. The Morgan fingerprint density at radius 3 is 2.83 bits per heavy atom. The van der Waals surface area contributed by atoms with Crippen molar-refractivity contribution in [3.05, 3.63) is 0 Å². The van der Waals surface area contributed by atoms with E-state index in [-0.39, 0.29) is 5.60 Å². The second-order valence-corrected chi connectivity index (χ2v) is 4.93. The summed E-state index contributed by atoms with van der Waals surface area (Å²) in [7, 11) is 0. The highest BCUT2D eigenvalue weighted by Crippen LogP contribution is 2.45. The molecule has 2 fully saturated rings. The molecule has 2 saturated carbocycles. The summed E-state index contributed by atoms with van der Waals surface area (Å²) in [5.41, 5.74) is -0.245. The van der Waals surface area contributed by atoms with Crippen LogP contribution < -0.4 is 0 Å². The number of fused-ring (bicyclic) bond motifs is 1. The van der Waals surface area contributed by atoms with Crippen molar-refractivity contribution in [3.8, 4) is 0 Å². The molecule has 0 aliphatic heterocycles. The second kappa shape index (κ2) is 3.02. The molecule has 0 aromatic carbocycles. The van der Waals surface area contributed by atoms with E-state index in [1.165, 1.54) is 32.1 Å². The highest BCUT2D eigenvalue weighted by molar-refractivity contribution is 4.94. The molecule has 1 heteroatoms. The van der Waals surface area contributed by atoms with E-state index in [0.717, 1.165) is 18.8 Å². The van der Waals surface area contributed by atoms with Gasteiger partial charge in [0.05, 0.1) is 5.60 Å². The fourth-order valence-corrected chi connectivity index (χ4v) is 3.06. The molecule has 0 saturated heterocycles. The molecular weight excluding hydrogens is 148 g/mol. The zero-order valence-electron chi connectivity index (χ0n) is 8.05. The average molecular weight is 168 g/mol. The summed E-state index contributed by atoms with van der Waals surface area (Å²) in [4.78, 5) is 0. The third-order valence-corrected chi connectivity index (χ3v) is 3.93. The van der Waals surface area contributed by atoms with Gasteiger partial charge in [-0.2, -0.15) is 0 Å². The van der Waals surface area contributed by atoms with Crippen LogP contribution in [0.2, 0.25) is 0 Å². The molecule has 0 aromatic rings. The Labute approximate surface area is 75.2 Å². The van der Waals surface area contributed by atoms with Crippen LogP contribution in [0.1, 0.15) is 51.9 Å². The number of hydrogen-bond acceptors (Lipinski definition) is 1. The molecular formula is C11H20O. The van der Waals surface area contributed by atoms with E-state index < -0.39 is 0 Å². The van der Waals surface area contributed by atoms with Gasteiger partial charge in [-0.05, 0) is 43.9 Å². The summed E-state index contributed by atoms with van der Waals surface area (Å²) >= 11 is 0. The van der Waals surface area contributed by atoms with Gasteiger partial charge in [-0.15, -0.1) is 0 Å². The van der Waals surface area contributed by atoms with Crippen molar-refractivity contribution in [2.24, 2.45) is 11.8 Å². The summed E-state index contributed by atoms with van der Waals surface area (Å²) in [6, 6.07) is 0. The fourth-order valence-electron chi connectivity index (χ4n) is 3.06. The van der Waals surface area contributed by atoms with Gasteiger partial charge in [-0.1, -0.05) is 19.8 Å². The Kier molecular flexibility index (Phi) is 2.16. The molecule has 2 aliphatic rings. The molecule has 1 nitrogen and oxygen atoms in total. The molecule has 0 radical (unpaired) electrons. The van der Waals surface area contributed by atoms with Crippen molar-refractivity contribution in [1.82, 2.24) is 0 Å². The van der Waals surface area contributed by atoms with Gasteiger partial charge in [0, 0.05) is 0 Å². The Morgan fingerprint density at radius 2 is 2.00 bits per heavy atom. The lowest BCUT2D eigenvalue weighted by molar-refractivity contribution is -0.0851. The molecule has 0 heterocycles. The minimum atomic E-state index is -0.245. The van der Waals surface area contributed by atoms with E-state index in [1.54, 1.807) is 0 Å². The van der Waals surface area contributed by atoms with Crippen LogP contribution >= 0.6 is 0 Å². The summed E-state index contributed by atoms with van der Waals surface area (Å²) in [5.74, 6) is 1.49. The van der Waals surface area contributed by atoms with Crippen LogP contribution in [0.5, 0.6) is 0 Å². The molecule has 0 spiro atoms. The van der Waals surface area contributed by atoms with Gasteiger partial charge in [0.25, 0.3) is 0 Å². The molecule has 70 valence electrons. The van der Waals surface area contributed by atoms with E-state index in [4.69, 9.17) is 0 Å². The van der Waals surface area contributed by atoms with Gasteiger partial charge in [-0.25, -0.2) is 0 Å². The van der Waals surface area contributed by atoms with Crippen molar-refractivity contribution < 1.29 is 5.11 Å². The summed E-state index contributed by atoms with van der Waals surface area (Å²) < 4.78 is 0. The second-order valence-electron chi connectivity index (χ2n) is 4.93. The van der Waals surface area contributed by atoms with Gasteiger partial charge < -0.3 is 5.11 Å². The lowest BCUT2D eigenvalue weighted by Crippen LogP contribution is -2.44. The highest BCUT2D eigenvalue weighted by Gasteiger charge is 2.41. The van der Waals surface area contributed by atoms with Crippen LogP contribution in [0, 0.1) is 11.8 Å². The van der Waals surface area contributed by atoms with Crippen LogP contribution in [-0.2, 0) is 0 Å². The maximum absolute atomic E-state index is 10.3. The third-order valence-electron chi connectivity index (χ3n) is 3.93. The van der Waals surface area contributed by atoms with Crippen LogP contribution in [0.15, 0.2) is 0 Å². The number of hydrogen-bond donors (Lipinski definition) is 1. The van der Waals surface area contributed by atoms with Crippen molar-refractivity contribution >= 4 is 0 Å². The summed E-state index contributed by atoms with van der Waals surface area (Å²) in [6.45, 7) is 2.33. The molecule has 3 atom stereocenters. The molecule has 0 bridgehead atoms. The van der Waals surface area contributed by atoms with Gasteiger partial charge >= 0.3 is 0 Å². The van der Waals surface area contributed by atoms with Crippen molar-refractivity contribution in [2.45, 2.75) is 57.5 Å². The van der Waals surface area contributed by atoms with Crippen LogP contribution in [0.25, 0.3) is 0 Å². The van der Waals surface area contributed by atoms with Crippen LogP contribution in [-0.4, -0.2) is 10.7 Å². The predicted octanol–water partition coefficient (Wildman–Crippen LogP) is 2.73. The Morgan fingerprint density at radius 1 is 1.17 bits per heavy atom. The lowest BCUT2D eigenvalue weighted by atomic mass is 9.65. The van der Waals surface area contributed by atoms with Crippen molar-refractivity contribution in [1.29, 1.82) is 0 Å². The smallest absolute Gasteiger partial charge is 0.0676 e. The fraction of sp³-hybridized carbons (Fsp3) is 1.00. The van der Waals surface area contributed by atoms with Gasteiger partial charge in [0.15, 0.2) is 0 Å². The maximum atomic E-state index is 10.3. The predicted molar refractivity (Wildman–Crippen MR) is 49.9 cm³/mol. The van der Waals surface area contributed by atoms with Crippen molar-refractivity contribution in [3.63, 3.8) is 0 Å². The first-order valence-corrected chi connectivity index (χ1v) is 5.43. The van der Waals surface area contributed by atoms with Gasteiger partial charge in [0.1, 0.15) is 0 Å². The quantitative estimate of drug-likeness (QED) is 0.589. The number of aliphatic hydroxyl groups is 1. The van der Waals surface area contributed by atoms with Crippen molar-refractivity contribution in [2.75, 3.05) is 0 Å². The average Bonchev–Trinajstić information content (AvgIpc) is 2.06. The largest absolute Gasteiger partial charge is 0.390 e. The highest BCUT2D eigenvalue weighted by atomic mass is 16.3. The Bertz CT molecular complexity index is 166. The lowest BCUT2D eigenvalue weighted by Gasteiger charge is -2.45. The summed E-state index contributed by atoms with van der Waals surface area (Å²) in [6.07, 6.45) is 8.54. The molecule has 0 aromatic heterocycles. The molecule has 1 N–H and O–H groups in total. The van der Waals surface area contributed by atoms with E-state index >= 15 is 0 Å². The number of rotatable bonds is 0. The zero-order valence-corrected chi connectivity index (χ0v) is 8.05. The van der Waals surface area contributed by atoms with Gasteiger partial charge in [-0.3, -0.25) is 0 Å². The zero-order chi connectivity index (χ0) is 8.60. The molecule has 12 heavy (non-hydrogen) atoms. The van der Waals surface area contributed by atoms with Crippen LogP contribution in [0.4, 0.5) is 0 Å². The first kappa shape index (κ1) is 8.55. The first-order chi connectivity index (χ1) is 5.71. The summed E-state index contributed by atoms with van der Waals surface area (Å²) in [5, 5.41) is 10.3. The molecule has 0 unspecified atom stereocenters.